The van der Waals surface area contributed by atoms with Crippen LogP contribution in [-0.4, -0.2) is 44.7 Å². The zero-order valence-corrected chi connectivity index (χ0v) is 15.4. The second kappa shape index (κ2) is 8.14. The third kappa shape index (κ3) is 6.13. The molecule has 0 heterocycles. The second-order valence-electron chi connectivity index (χ2n) is 6.34. The molecule has 0 aromatic rings. The molecule has 0 radical (unpaired) electrons. The average molecular weight is 358 g/mol. The summed E-state index contributed by atoms with van der Waals surface area (Å²) in [6.07, 6.45) is -5.12. The lowest BCUT2D eigenvalue weighted by molar-refractivity contribution is -0.260. The van der Waals surface area contributed by atoms with E-state index in [0.717, 1.165) is 0 Å². The van der Waals surface area contributed by atoms with Crippen LogP contribution >= 0.6 is 0 Å². The standard InChI is InChI=1S/C14H25F3O5Si/c1-7-8-9-20-11(18)13(14(15,16)17,22-23(4,5)6)12(19)21-10(2)3/h10H,7-9H2,1-6H3. The molecule has 0 aromatic heterocycles. The number of unbranched alkanes of at least 4 members (excludes halogenated alkanes) is 1. The number of ether oxygens (including phenoxy) is 2. The fraction of sp³-hybridized carbons (Fsp3) is 0.857. The van der Waals surface area contributed by atoms with Crippen molar-refractivity contribution in [1.29, 1.82) is 0 Å². The Labute approximate surface area is 135 Å². The van der Waals surface area contributed by atoms with Crippen LogP contribution in [-0.2, 0) is 23.5 Å². The fourth-order valence-corrected chi connectivity index (χ4v) is 2.82. The number of rotatable bonds is 8. The number of carbonyl (C=O) groups excluding carboxylic acids is 2. The van der Waals surface area contributed by atoms with E-state index in [1.807, 2.05) is 0 Å². The third-order valence-corrected chi connectivity index (χ3v) is 3.43. The minimum absolute atomic E-state index is 0.225. The highest BCUT2D eigenvalue weighted by atomic mass is 28.4. The summed E-state index contributed by atoms with van der Waals surface area (Å²) in [4.78, 5) is 24.3. The van der Waals surface area contributed by atoms with Gasteiger partial charge in [-0.3, -0.25) is 0 Å². The Morgan fingerprint density at radius 2 is 1.61 bits per heavy atom. The lowest BCUT2D eigenvalue weighted by Crippen LogP contribution is -2.65. The molecule has 0 saturated carbocycles. The van der Waals surface area contributed by atoms with Crippen LogP contribution in [0.2, 0.25) is 19.6 Å². The lowest BCUT2D eigenvalue weighted by atomic mass is 10.0. The first kappa shape index (κ1) is 21.9. The van der Waals surface area contributed by atoms with Crippen LogP contribution in [0.4, 0.5) is 13.2 Å². The van der Waals surface area contributed by atoms with Gasteiger partial charge in [0.1, 0.15) is 0 Å². The van der Waals surface area contributed by atoms with Crippen molar-refractivity contribution in [2.45, 2.75) is 71.1 Å². The number of carbonyl (C=O) groups is 2. The number of halogens is 3. The quantitative estimate of drug-likeness (QED) is 0.288. The maximum Gasteiger partial charge on any atom is 0.438 e. The number of esters is 2. The minimum atomic E-state index is -5.29. The van der Waals surface area contributed by atoms with E-state index >= 15 is 0 Å². The van der Waals surface area contributed by atoms with Gasteiger partial charge in [-0.05, 0) is 39.9 Å². The van der Waals surface area contributed by atoms with E-state index in [-0.39, 0.29) is 6.61 Å². The first-order valence-electron chi connectivity index (χ1n) is 7.43. The molecular formula is C14H25F3O5Si. The van der Waals surface area contributed by atoms with Crippen molar-refractivity contribution in [2.24, 2.45) is 0 Å². The zero-order valence-electron chi connectivity index (χ0n) is 14.4. The maximum atomic E-state index is 13.7. The summed E-state index contributed by atoms with van der Waals surface area (Å²) < 4.78 is 55.3. The number of hydrogen-bond acceptors (Lipinski definition) is 5. The fourth-order valence-electron chi connectivity index (χ4n) is 1.62. The Morgan fingerprint density at radius 3 is 1.96 bits per heavy atom. The molecule has 0 fully saturated rings. The average Bonchev–Trinajstić information content (AvgIpc) is 2.32. The van der Waals surface area contributed by atoms with Gasteiger partial charge in [-0.25, -0.2) is 9.59 Å². The molecule has 23 heavy (non-hydrogen) atoms. The Morgan fingerprint density at radius 1 is 1.09 bits per heavy atom. The molecule has 5 nitrogen and oxygen atoms in total. The first-order chi connectivity index (χ1) is 10.3. The van der Waals surface area contributed by atoms with Gasteiger partial charge in [-0.1, -0.05) is 13.3 Å². The van der Waals surface area contributed by atoms with Gasteiger partial charge in [-0.15, -0.1) is 0 Å². The SMILES string of the molecule is CCCCOC(=O)C(O[Si](C)(C)C)(C(=O)OC(C)C)C(F)(F)F. The molecule has 0 N–H and O–H groups in total. The van der Waals surface area contributed by atoms with Crippen molar-refractivity contribution in [2.75, 3.05) is 6.61 Å². The summed E-state index contributed by atoms with van der Waals surface area (Å²) in [6.45, 7) is 8.65. The summed E-state index contributed by atoms with van der Waals surface area (Å²) in [7, 11) is -2.95. The molecular weight excluding hydrogens is 333 g/mol. The van der Waals surface area contributed by atoms with Crippen LogP contribution in [0.5, 0.6) is 0 Å². The second-order valence-corrected chi connectivity index (χ2v) is 10.8. The molecule has 1 unspecified atom stereocenters. The predicted molar refractivity (Wildman–Crippen MR) is 80.3 cm³/mol. The highest BCUT2D eigenvalue weighted by Gasteiger charge is 2.71. The van der Waals surface area contributed by atoms with E-state index in [9.17, 15) is 22.8 Å². The van der Waals surface area contributed by atoms with Crippen molar-refractivity contribution in [3.8, 4) is 0 Å². The van der Waals surface area contributed by atoms with Crippen molar-refractivity contribution in [3.63, 3.8) is 0 Å². The maximum absolute atomic E-state index is 13.7. The topological polar surface area (TPSA) is 61.8 Å². The van der Waals surface area contributed by atoms with Gasteiger partial charge >= 0.3 is 23.7 Å². The van der Waals surface area contributed by atoms with Crippen molar-refractivity contribution in [3.05, 3.63) is 0 Å². The summed E-state index contributed by atoms with van der Waals surface area (Å²) in [6, 6.07) is 0. The molecule has 9 heteroatoms. The molecule has 0 aromatic carbocycles. The summed E-state index contributed by atoms with van der Waals surface area (Å²) in [5.74, 6) is -3.56. The lowest BCUT2D eigenvalue weighted by Gasteiger charge is -2.36. The van der Waals surface area contributed by atoms with E-state index in [4.69, 9.17) is 4.43 Å². The van der Waals surface area contributed by atoms with Gasteiger partial charge in [0, 0.05) is 0 Å². The molecule has 0 rings (SSSR count). The summed E-state index contributed by atoms with van der Waals surface area (Å²) >= 11 is 0. The normalized spacial score (nSPS) is 15.2. The summed E-state index contributed by atoms with van der Waals surface area (Å²) in [5.41, 5.74) is -3.74. The van der Waals surface area contributed by atoms with E-state index in [0.29, 0.717) is 12.8 Å². The van der Waals surface area contributed by atoms with Crippen molar-refractivity contribution < 1.29 is 36.7 Å². The van der Waals surface area contributed by atoms with Crippen LogP contribution in [0, 0.1) is 0 Å². The van der Waals surface area contributed by atoms with Gasteiger partial charge in [-0.2, -0.15) is 13.2 Å². The number of alkyl halides is 3. The molecule has 0 bridgehead atoms. The smallest absolute Gasteiger partial charge is 0.438 e. The van der Waals surface area contributed by atoms with E-state index in [1.54, 1.807) is 6.92 Å². The minimum Gasteiger partial charge on any atom is -0.463 e. The van der Waals surface area contributed by atoms with Gasteiger partial charge < -0.3 is 13.9 Å². The molecule has 0 amide bonds. The molecule has 0 aliphatic heterocycles. The molecule has 0 saturated heterocycles. The van der Waals surface area contributed by atoms with Crippen LogP contribution in [0.15, 0.2) is 0 Å². The Bertz CT molecular complexity index is 418. The van der Waals surface area contributed by atoms with Crippen LogP contribution in [0.3, 0.4) is 0 Å². The van der Waals surface area contributed by atoms with Gasteiger partial charge in [0.25, 0.3) is 0 Å². The van der Waals surface area contributed by atoms with Crippen LogP contribution in [0.25, 0.3) is 0 Å². The Hall–Kier alpha value is -1.09. The van der Waals surface area contributed by atoms with Gasteiger partial charge in [0.05, 0.1) is 12.7 Å². The highest BCUT2D eigenvalue weighted by molar-refractivity contribution is 6.70. The van der Waals surface area contributed by atoms with Crippen LogP contribution < -0.4 is 0 Å². The van der Waals surface area contributed by atoms with E-state index in [2.05, 4.69) is 9.47 Å². The van der Waals surface area contributed by atoms with E-state index in [1.165, 1.54) is 33.5 Å². The third-order valence-electron chi connectivity index (χ3n) is 2.51. The molecule has 0 spiro atoms. The molecule has 0 aliphatic rings. The van der Waals surface area contributed by atoms with Gasteiger partial charge in [0.15, 0.2) is 8.32 Å². The highest BCUT2D eigenvalue weighted by Crippen LogP contribution is 2.39. The van der Waals surface area contributed by atoms with E-state index < -0.39 is 38.1 Å². The molecule has 0 aliphatic carbocycles. The summed E-state index contributed by atoms with van der Waals surface area (Å²) in [5, 5.41) is 0. The van der Waals surface area contributed by atoms with Crippen LogP contribution in [0.1, 0.15) is 33.6 Å². The largest absolute Gasteiger partial charge is 0.463 e. The molecule has 1 atom stereocenters. The Kier molecular flexibility index (Phi) is 7.75. The Balaban J connectivity index is 5.85. The first-order valence-corrected chi connectivity index (χ1v) is 10.8. The predicted octanol–water partition coefficient (Wildman–Crippen LogP) is 3.43. The molecule has 136 valence electrons. The monoisotopic (exact) mass is 358 g/mol. The van der Waals surface area contributed by atoms with Crippen molar-refractivity contribution >= 4 is 20.3 Å². The number of hydrogen-bond donors (Lipinski definition) is 0. The van der Waals surface area contributed by atoms with Crippen molar-refractivity contribution in [1.82, 2.24) is 0 Å². The zero-order chi connectivity index (χ0) is 18.5. The van der Waals surface area contributed by atoms with Gasteiger partial charge in [0.2, 0.25) is 0 Å².